The van der Waals surface area contributed by atoms with E-state index in [-0.39, 0.29) is 0 Å². The van der Waals surface area contributed by atoms with Gasteiger partial charge in [0.15, 0.2) is 0 Å². The maximum atomic E-state index is 9.31. The van der Waals surface area contributed by atoms with Crippen LogP contribution in [-0.4, -0.2) is 4.98 Å². The van der Waals surface area contributed by atoms with E-state index in [0.29, 0.717) is 4.88 Å². The number of aromatic nitrogens is 1. The first-order valence-electron chi connectivity index (χ1n) is 6.31. The van der Waals surface area contributed by atoms with Gasteiger partial charge in [-0.15, -0.1) is 11.3 Å². The molecule has 3 aromatic rings. The monoisotopic (exact) mass is 276 g/mol. The van der Waals surface area contributed by atoms with E-state index in [0.717, 1.165) is 21.8 Å². The number of nitrogens with zero attached hydrogens (tertiary/aromatic N) is 2. The summed E-state index contributed by atoms with van der Waals surface area (Å²) in [6.45, 7) is 2.06. The maximum absolute atomic E-state index is 9.31. The predicted octanol–water partition coefficient (Wildman–Crippen LogP) is 4.66. The Kier molecular flexibility index (Phi) is 3.32. The van der Waals surface area contributed by atoms with Crippen LogP contribution in [0.25, 0.3) is 21.8 Å². The third kappa shape index (κ3) is 2.34. The SMILES string of the molecule is Cc1cccc(-c2nc(-c3ccccc3)c(C#N)s2)c1. The standard InChI is InChI=1S/C17H12N2S/c1-12-6-5-9-14(10-12)17-19-16(15(11-18)20-17)13-7-3-2-4-8-13/h2-10H,1H3. The maximum Gasteiger partial charge on any atom is 0.133 e. The van der Waals surface area contributed by atoms with Gasteiger partial charge in [0.05, 0.1) is 5.69 Å². The van der Waals surface area contributed by atoms with E-state index in [4.69, 9.17) is 0 Å². The van der Waals surface area contributed by atoms with E-state index in [1.54, 1.807) is 0 Å². The van der Waals surface area contributed by atoms with Gasteiger partial charge >= 0.3 is 0 Å². The van der Waals surface area contributed by atoms with Gasteiger partial charge < -0.3 is 0 Å². The van der Waals surface area contributed by atoms with Crippen molar-refractivity contribution in [2.45, 2.75) is 6.92 Å². The molecule has 0 fully saturated rings. The highest BCUT2D eigenvalue weighted by Crippen LogP contribution is 2.33. The molecule has 3 heteroatoms. The fourth-order valence-electron chi connectivity index (χ4n) is 2.09. The lowest BCUT2D eigenvalue weighted by molar-refractivity contribution is 1.37. The summed E-state index contributed by atoms with van der Waals surface area (Å²) in [5.74, 6) is 0. The van der Waals surface area contributed by atoms with Crippen LogP contribution >= 0.6 is 11.3 Å². The molecular formula is C17H12N2S. The van der Waals surface area contributed by atoms with Crippen molar-refractivity contribution in [3.63, 3.8) is 0 Å². The molecule has 0 aliphatic carbocycles. The van der Waals surface area contributed by atoms with E-state index in [2.05, 4.69) is 30.1 Å². The molecule has 1 aromatic heterocycles. The first-order chi connectivity index (χ1) is 9.78. The quantitative estimate of drug-likeness (QED) is 0.682. The predicted molar refractivity (Wildman–Crippen MR) is 82.4 cm³/mol. The van der Waals surface area contributed by atoms with Crippen LogP contribution in [0.15, 0.2) is 54.6 Å². The van der Waals surface area contributed by atoms with Crippen molar-refractivity contribution >= 4 is 11.3 Å². The Bertz CT molecular complexity index is 782. The zero-order valence-corrected chi connectivity index (χ0v) is 11.8. The van der Waals surface area contributed by atoms with E-state index < -0.39 is 0 Å². The lowest BCUT2D eigenvalue weighted by Crippen LogP contribution is -1.81. The third-order valence-corrected chi connectivity index (χ3v) is 4.05. The van der Waals surface area contributed by atoms with Crippen molar-refractivity contribution in [3.05, 3.63) is 65.0 Å². The van der Waals surface area contributed by atoms with E-state index in [1.807, 2.05) is 42.5 Å². The summed E-state index contributed by atoms with van der Waals surface area (Å²) in [4.78, 5) is 5.32. The molecule has 96 valence electrons. The lowest BCUT2D eigenvalue weighted by atomic mass is 10.1. The van der Waals surface area contributed by atoms with Crippen LogP contribution in [0.3, 0.4) is 0 Å². The van der Waals surface area contributed by atoms with E-state index >= 15 is 0 Å². The first kappa shape index (κ1) is 12.6. The largest absolute Gasteiger partial charge is 0.235 e. The van der Waals surface area contributed by atoms with Gasteiger partial charge in [-0.2, -0.15) is 5.26 Å². The highest BCUT2D eigenvalue weighted by atomic mass is 32.1. The van der Waals surface area contributed by atoms with Gasteiger partial charge in [0.1, 0.15) is 16.0 Å². The Hall–Kier alpha value is -2.44. The number of aryl methyl sites for hydroxylation is 1. The van der Waals surface area contributed by atoms with Crippen molar-refractivity contribution in [2.24, 2.45) is 0 Å². The Balaban J connectivity index is 2.13. The average Bonchev–Trinajstić information content (AvgIpc) is 2.92. The van der Waals surface area contributed by atoms with E-state index in [1.165, 1.54) is 16.9 Å². The summed E-state index contributed by atoms with van der Waals surface area (Å²) < 4.78 is 0. The van der Waals surface area contributed by atoms with Crippen LogP contribution in [0.5, 0.6) is 0 Å². The summed E-state index contributed by atoms with van der Waals surface area (Å²) in [6, 6.07) is 20.3. The Labute approximate surface area is 122 Å². The molecule has 0 aliphatic rings. The van der Waals surface area contributed by atoms with Crippen LogP contribution in [0.4, 0.5) is 0 Å². The lowest BCUT2D eigenvalue weighted by Gasteiger charge is -1.98. The minimum atomic E-state index is 0.660. The van der Waals surface area contributed by atoms with E-state index in [9.17, 15) is 5.26 Å². The summed E-state index contributed by atoms with van der Waals surface area (Å²) in [6.07, 6.45) is 0. The molecule has 0 saturated heterocycles. The van der Waals surface area contributed by atoms with Crippen LogP contribution < -0.4 is 0 Å². The molecule has 0 saturated carbocycles. The number of hydrogen-bond donors (Lipinski definition) is 0. The van der Waals surface area contributed by atoms with Crippen molar-refractivity contribution in [1.29, 1.82) is 5.26 Å². The molecule has 0 radical (unpaired) electrons. The van der Waals surface area contributed by atoms with Crippen molar-refractivity contribution < 1.29 is 0 Å². The molecule has 0 atom stereocenters. The Morgan fingerprint density at radius 3 is 2.45 bits per heavy atom. The Morgan fingerprint density at radius 2 is 1.75 bits per heavy atom. The molecule has 0 amide bonds. The summed E-state index contributed by atoms with van der Waals surface area (Å²) >= 11 is 1.44. The fraction of sp³-hybridized carbons (Fsp3) is 0.0588. The van der Waals surface area contributed by atoms with Crippen molar-refractivity contribution in [3.8, 4) is 27.9 Å². The second kappa shape index (κ2) is 5.28. The fourth-order valence-corrected chi connectivity index (χ4v) is 2.97. The molecule has 0 N–H and O–H groups in total. The first-order valence-corrected chi connectivity index (χ1v) is 7.13. The normalized spacial score (nSPS) is 10.2. The Morgan fingerprint density at radius 1 is 1.00 bits per heavy atom. The molecule has 0 unspecified atom stereocenters. The third-order valence-electron chi connectivity index (χ3n) is 3.04. The summed E-state index contributed by atoms with van der Waals surface area (Å²) in [5, 5.41) is 10.2. The topological polar surface area (TPSA) is 36.7 Å². The van der Waals surface area contributed by atoms with Gasteiger partial charge in [0, 0.05) is 11.1 Å². The number of thiazole rings is 1. The molecular weight excluding hydrogens is 264 g/mol. The van der Waals surface area contributed by atoms with Crippen LogP contribution in [0.1, 0.15) is 10.4 Å². The molecule has 20 heavy (non-hydrogen) atoms. The molecule has 0 aliphatic heterocycles. The van der Waals surface area contributed by atoms with Gasteiger partial charge in [0.2, 0.25) is 0 Å². The van der Waals surface area contributed by atoms with Gasteiger partial charge in [-0.05, 0) is 13.0 Å². The van der Waals surface area contributed by atoms with Crippen LogP contribution in [-0.2, 0) is 0 Å². The molecule has 2 nitrogen and oxygen atoms in total. The smallest absolute Gasteiger partial charge is 0.133 e. The van der Waals surface area contributed by atoms with Gasteiger partial charge in [-0.3, -0.25) is 0 Å². The second-order valence-electron chi connectivity index (χ2n) is 4.54. The van der Waals surface area contributed by atoms with Crippen LogP contribution in [0, 0.1) is 18.3 Å². The van der Waals surface area contributed by atoms with Crippen molar-refractivity contribution in [1.82, 2.24) is 4.98 Å². The zero-order valence-electron chi connectivity index (χ0n) is 11.0. The number of hydrogen-bond acceptors (Lipinski definition) is 3. The van der Waals surface area contributed by atoms with Gasteiger partial charge in [0.25, 0.3) is 0 Å². The molecule has 0 spiro atoms. The number of benzene rings is 2. The molecule has 1 heterocycles. The molecule has 3 rings (SSSR count). The van der Waals surface area contributed by atoms with Gasteiger partial charge in [-0.25, -0.2) is 4.98 Å². The summed E-state index contributed by atoms with van der Waals surface area (Å²) in [7, 11) is 0. The summed E-state index contributed by atoms with van der Waals surface area (Å²) in [5.41, 5.74) is 4.01. The minimum Gasteiger partial charge on any atom is -0.235 e. The van der Waals surface area contributed by atoms with Gasteiger partial charge in [-0.1, -0.05) is 54.1 Å². The average molecular weight is 276 g/mol. The highest BCUT2D eigenvalue weighted by Gasteiger charge is 2.13. The van der Waals surface area contributed by atoms with Crippen molar-refractivity contribution in [2.75, 3.05) is 0 Å². The minimum absolute atomic E-state index is 0.660. The number of nitriles is 1. The zero-order chi connectivity index (χ0) is 13.9. The van der Waals surface area contributed by atoms with Crippen LogP contribution in [0.2, 0.25) is 0 Å². The highest BCUT2D eigenvalue weighted by molar-refractivity contribution is 7.16. The number of rotatable bonds is 2. The second-order valence-corrected chi connectivity index (χ2v) is 5.54. The molecule has 2 aromatic carbocycles. The molecule has 0 bridgehead atoms.